The number of rotatable bonds is 9. The average Bonchev–Trinajstić information content (AvgIpc) is 3.24. The van der Waals surface area contributed by atoms with Crippen molar-refractivity contribution in [3.63, 3.8) is 0 Å². The Morgan fingerprint density at radius 3 is 2.82 bits per heavy atom. The standard InChI is InChI=1S/C24H24N4O5/c29-15-16-3-1-4-17(13-16)20-8-9-25-24(27-20)26-18-6-7-21(19(14-18)23(31)32)33-12-11-28-10-2-5-22(28)30/h1,3-4,6-9,13-14,29H,2,5,10-12,15H2,(H,31,32)(H,25,26,27). The number of anilines is 2. The molecule has 1 aromatic heterocycles. The first-order valence-corrected chi connectivity index (χ1v) is 10.6. The summed E-state index contributed by atoms with van der Waals surface area (Å²) < 4.78 is 5.66. The number of amides is 1. The van der Waals surface area contributed by atoms with Crippen LogP contribution in [0, 0.1) is 0 Å². The number of hydrogen-bond donors (Lipinski definition) is 3. The van der Waals surface area contributed by atoms with Crippen molar-refractivity contribution >= 4 is 23.5 Å². The first-order valence-electron chi connectivity index (χ1n) is 10.6. The van der Waals surface area contributed by atoms with Crippen molar-refractivity contribution in [3.05, 3.63) is 65.9 Å². The normalized spacial score (nSPS) is 13.2. The summed E-state index contributed by atoms with van der Waals surface area (Å²) in [5, 5.41) is 22.0. The van der Waals surface area contributed by atoms with Gasteiger partial charge in [-0.15, -0.1) is 0 Å². The molecule has 4 rings (SSSR count). The quantitative estimate of drug-likeness (QED) is 0.456. The molecule has 1 amide bonds. The fourth-order valence-electron chi connectivity index (χ4n) is 3.64. The molecule has 9 nitrogen and oxygen atoms in total. The SMILES string of the molecule is O=C(O)c1cc(Nc2nccc(-c3cccc(CO)c3)n2)ccc1OCCN1CCCC1=O. The largest absolute Gasteiger partial charge is 0.491 e. The maximum absolute atomic E-state index is 11.8. The minimum absolute atomic E-state index is 0.000417. The number of nitrogens with zero attached hydrogens (tertiary/aromatic N) is 3. The lowest BCUT2D eigenvalue weighted by Gasteiger charge is -2.17. The van der Waals surface area contributed by atoms with Crippen molar-refractivity contribution in [2.45, 2.75) is 19.4 Å². The number of aliphatic hydroxyl groups excluding tert-OH is 1. The number of likely N-dealkylation sites (tertiary alicyclic amines) is 1. The topological polar surface area (TPSA) is 125 Å². The number of hydrogen-bond acceptors (Lipinski definition) is 7. The highest BCUT2D eigenvalue weighted by Gasteiger charge is 2.20. The molecule has 9 heteroatoms. The molecule has 33 heavy (non-hydrogen) atoms. The molecule has 0 unspecified atom stereocenters. The summed E-state index contributed by atoms with van der Waals surface area (Å²) in [4.78, 5) is 33.9. The highest BCUT2D eigenvalue weighted by Crippen LogP contribution is 2.26. The molecule has 0 bridgehead atoms. The highest BCUT2D eigenvalue weighted by atomic mass is 16.5. The second-order valence-corrected chi connectivity index (χ2v) is 7.60. The molecule has 2 aromatic carbocycles. The first-order chi connectivity index (χ1) is 16.0. The Balaban J connectivity index is 1.47. The molecular formula is C24H24N4O5. The van der Waals surface area contributed by atoms with E-state index in [-0.39, 0.29) is 30.4 Å². The minimum atomic E-state index is -1.12. The van der Waals surface area contributed by atoms with E-state index in [1.807, 2.05) is 24.3 Å². The molecule has 0 radical (unpaired) electrons. The summed E-state index contributed by atoms with van der Waals surface area (Å²) >= 11 is 0. The van der Waals surface area contributed by atoms with E-state index in [0.717, 1.165) is 17.5 Å². The molecule has 0 aliphatic carbocycles. The molecule has 0 spiro atoms. The Labute approximate surface area is 190 Å². The van der Waals surface area contributed by atoms with Crippen LogP contribution < -0.4 is 10.1 Å². The van der Waals surface area contributed by atoms with Gasteiger partial charge < -0.3 is 25.2 Å². The molecular weight excluding hydrogens is 424 g/mol. The number of carbonyl (C=O) groups excluding carboxylic acids is 1. The zero-order valence-electron chi connectivity index (χ0n) is 17.9. The summed E-state index contributed by atoms with van der Waals surface area (Å²) in [6.07, 6.45) is 3.00. The number of carbonyl (C=O) groups is 2. The van der Waals surface area contributed by atoms with Crippen LogP contribution in [-0.4, -0.2) is 56.7 Å². The molecule has 1 fully saturated rings. The Bertz CT molecular complexity index is 1170. The molecule has 1 aliphatic rings. The summed E-state index contributed by atoms with van der Waals surface area (Å²) in [5.74, 6) is -0.488. The fourth-order valence-corrected chi connectivity index (χ4v) is 3.64. The Morgan fingerprint density at radius 2 is 2.06 bits per heavy atom. The lowest BCUT2D eigenvalue weighted by molar-refractivity contribution is -0.128. The van der Waals surface area contributed by atoms with Crippen LogP contribution in [0.15, 0.2) is 54.7 Å². The molecule has 3 aromatic rings. The van der Waals surface area contributed by atoms with Crippen molar-refractivity contribution in [2.75, 3.05) is 25.0 Å². The van der Waals surface area contributed by atoms with Crippen LogP contribution in [0.25, 0.3) is 11.3 Å². The Morgan fingerprint density at radius 1 is 1.18 bits per heavy atom. The van der Waals surface area contributed by atoms with Crippen molar-refractivity contribution < 1.29 is 24.5 Å². The molecule has 0 atom stereocenters. The minimum Gasteiger partial charge on any atom is -0.491 e. The molecule has 1 saturated heterocycles. The summed E-state index contributed by atoms with van der Waals surface area (Å²) in [7, 11) is 0. The third-order valence-electron chi connectivity index (χ3n) is 5.32. The van der Waals surface area contributed by atoms with Gasteiger partial charge in [-0.1, -0.05) is 18.2 Å². The number of nitrogens with one attached hydrogen (secondary N) is 1. The van der Waals surface area contributed by atoms with Gasteiger partial charge >= 0.3 is 5.97 Å². The number of aliphatic hydroxyl groups is 1. The number of aromatic nitrogens is 2. The van der Waals surface area contributed by atoms with Gasteiger partial charge in [0.1, 0.15) is 17.9 Å². The first kappa shape index (κ1) is 22.2. The third-order valence-corrected chi connectivity index (χ3v) is 5.32. The van der Waals surface area contributed by atoms with Gasteiger partial charge in [-0.2, -0.15) is 0 Å². The van der Waals surface area contributed by atoms with Crippen molar-refractivity contribution in [1.82, 2.24) is 14.9 Å². The average molecular weight is 448 g/mol. The summed E-state index contributed by atoms with van der Waals surface area (Å²) in [5.41, 5.74) is 2.77. The fraction of sp³-hybridized carbons (Fsp3) is 0.250. The van der Waals surface area contributed by atoms with Crippen LogP contribution in [-0.2, 0) is 11.4 Å². The van der Waals surface area contributed by atoms with Crippen LogP contribution in [0.2, 0.25) is 0 Å². The number of carboxylic acids is 1. The maximum atomic E-state index is 11.8. The van der Waals surface area contributed by atoms with E-state index in [2.05, 4.69) is 15.3 Å². The van der Waals surface area contributed by atoms with E-state index in [9.17, 15) is 19.8 Å². The van der Waals surface area contributed by atoms with Gasteiger partial charge in [-0.05, 0) is 42.3 Å². The van der Waals surface area contributed by atoms with Crippen LogP contribution in [0.3, 0.4) is 0 Å². The van der Waals surface area contributed by atoms with Crippen LogP contribution in [0.1, 0.15) is 28.8 Å². The predicted molar refractivity (Wildman–Crippen MR) is 121 cm³/mol. The van der Waals surface area contributed by atoms with Gasteiger partial charge in [-0.3, -0.25) is 4.79 Å². The van der Waals surface area contributed by atoms with Crippen LogP contribution in [0.4, 0.5) is 11.6 Å². The molecule has 3 N–H and O–H groups in total. The monoisotopic (exact) mass is 448 g/mol. The summed E-state index contributed by atoms with van der Waals surface area (Å²) in [6, 6.07) is 13.9. The van der Waals surface area contributed by atoms with E-state index in [1.54, 1.807) is 29.3 Å². The van der Waals surface area contributed by atoms with Crippen molar-refractivity contribution in [3.8, 4) is 17.0 Å². The van der Waals surface area contributed by atoms with Gasteiger partial charge in [0.2, 0.25) is 11.9 Å². The van der Waals surface area contributed by atoms with E-state index < -0.39 is 5.97 Å². The lowest BCUT2D eigenvalue weighted by atomic mass is 10.1. The number of ether oxygens (including phenoxy) is 1. The molecule has 2 heterocycles. The van der Waals surface area contributed by atoms with Gasteiger partial charge in [0.05, 0.1) is 18.8 Å². The maximum Gasteiger partial charge on any atom is 0.339 e. The molecule has 170 valence electrons. The van der Waals surface area contributed by atoms with Gasteiger partial charge in [0.25, 0.3) is 0 Å². The Hall–Kier alpha value is -3.98. The van der Waals surface area contributed by atoms with Crippen LogP contribution in [0.5, 0.6) is 5.75 Å². The second-order valence-electron chi connectivity index (χ2n) is 7.60. The van der Waals surface area contributed by atoms with Crippen LogP contribution >= 0.6 is 0 Å². The smallest absolute Gasteiger partial charge is 0.339 e. The molecule has 1 aliphatic heterocycles. The zero-order valence-corrected chi connectivity index (χ0v) is 17.9. The summed E-state index contributed by atoms with van der Waals surface area (Å²) in [6.45, 7) is 1.29. The zero-order chi connectivity index (χ0) is 23.2. The van der Waals surface area contributed by atoms with E-state index in [4.69, 9.17) is 4.74 Å². The lowest BCUT2D eigenvalue weighted by Crippen LogP contribution is -2.29. The highest BCUT2D eigenvalue weighted by molar-refractivity contribution is 5.92. The van der Waals surface area contributed by atoms with E-state index in [0.29, 0.717) is 36.8 Å². The van der Waals surface area contributed by atoms with Gasteiger partial charge in [0.15, 0.2) is 0 Å². The molecule has 0 saturated carbocycles. The predicted octanol–water partition coefficient (Wildman–Crippen LogP) is 3.08. The Kier molecular flexibility index (Phi) is 6.80. The van der Waals surface area contributed by atoms with Gasteiger partial charge in [-0.25, -0.2) is 14.8 Å². The van der Waals surface area contributed by atoms with E-state index in [1.165, 1.54) is 6.07 Å². The second kappa shape index (κ2) is 10.1. The van der Waals surface area contributed by atoms with Crippen molar-refractivity contribution in [1.29, 1.82) is 0 Å². The number of carboxylic acid groups (broad SMARTS) is 1. The number of aromatic carboxylic acids is 1. The van der Waals surface area contributed by atoms with Gasteiger partial charge in [0, 0.05) is 30.4 Å². The van der Waals surface area contributed by atoms with E-state index >= 15 is 0 Å². The third kappa shape index (κ3) is 5.45. The van der Waals surface area contributed by atoms with Crippen molar-refractivity contribution in [2.24, 2.45) is 0 Å². The number of benzene rings is 2.